The maximum atomic E-state index is 14.8. The Bertz CT molecular complexity index is 1490. The average Bonchev–Trinajstić information content (AvgIpc) is 3.09. The number of nitrogens with zero attached hydrogens (tertiary/aromatic N) is 1. The fourth-order valence-corrected chi connectivity index (χ4v) is 12.7. The Morgan fingerprint density at radius 1 is 0.846 bits per heavy atom. The molecule has 0 aromatic heterocycles. The summed E-state index contributed by atoms with van der Waals surface area (Å²) < 4.78 is 33.6. The zero-order valence-corrected chi connectivity index (χ0v) is 34.4. The third-order valence-corrected chi connectivity index (χ3v) is 16.1. The van der Waals surface area contributed by atoms with Gasteiger partial charge in [-0.05, 0) is 99.9 Å². The smallest absolute Gasteiger partial charge is 0.309 e. The number of esters is 1. The van der Waals surface area contributed by atoms with Crippen LogP contribution in [-0.2, 0) is 41.1 Å². The largest absolute Gasteiger partial charge is 0.481 e. The molecule has 1 heterocycles. The highest BCUT2D eigenvalue weighted by molar-refractivity contribution is 14.1. The number of carboxylic acid groups (broad SMARTS) is 1. The van der Waals surface area contributed by atoms with Gasteiger partial charge in [0.2, 0.25) is 5.90 Å². The summed E-state index contributed by atoms with van der Waals surface area (Å²) in [5.41, 5.74) is -1.96. The van der Waals surface area contributed by atoms with Crippen molar-refractivity contribution in [1.29, 1.82) is 0 Å². The van der Waals surface area contributed by atoms with Gasteiger partial charge in [0.1, 0.15) is 11.5 Å². The standard InChI is InChI=1S/C40H60INO10/c1-34-11-12-35(2,33(45)46)25-27(34)26-24-28(43)31-37(4,36(26,3)14-13-34)15-16-40-38(31,5)10-8-29(39(40,6)32(42-40)52-41)51-30(44)9-17-48-20-21-50-23-22-49-19-18-47-7/h24,27,29,31H,8-23,25H2,1-7H3,(H,45,46)/t27?,29-,31?,34+,35-,36+,37?,38+,39-,40?/m0/s1. The van der Waals surface area contributed by atoms with Gasteiger partial charge < -0.3 is 31.9 Å². The number of hydrogen-bond donors (Lipinski definition) is 1. The van der Waals surface area contributed by atoms with Crippen LogP contribution in [0.5, 0.6) is 0 Å². The minimum atomic E-state index is -0.791. The molecule has 0 bridgehead atoms. The van der Waals surface area contributed by atoms with Gasteiger partial charge in [0, 0.05) is 18.4 Å². The molecule has 4 unspecified atom stereocenters. The predicted molar refractivity (Wildman–Crippen MR) is 202 cm³/mol. The summed E-state index contributed by atoms with van der Waals surface area (Å²) in [4.78, 5) is 45.8. The van der Waals surface area contributed by atoms with Crippen LogP contribution in [0.15, 0.2) is 16.6 Å². The van der Waals surface area contributed by atoms with Gasteiger partial charge >= 0.3 is 11.9 Å². The van der Waals surface area contributed by atoms with Gasteiger partial charge in [-0.15, -0.1) is 0 Å². The number of fused-ring (bicyclic) bond motifs is 6. The third kappa shape index (κ3) is 5.93. The highest BCUT2D eigenvalue weighted by Crippen LogP contribution is 2.78. The Labute approximate surface area is 323 Å². The molecule has 6 aliphatic rings. The second kappa shape index (κ2) is 14.5. The van der Waals surface area contributed by atoms with E-state index in [1.165, 1.54) is 5.57 Å². The van der Waals surface area contributed by atoms with Crippen LogP contribution in [0, 0.1) is 44.3 Å². The number of hydrogen-bond acceptors (Lipinski definition) is 10. The van der Waals surface area contributed by atoms with E-state index in [0.717, 1.165) is 32.1 Å². The van der Waals surface area contributed by atoms with E-state index in [4.69, 9.17) is 31.7 Å². The minimum Gasteiger partial charge on any atom is -0.481 e. The molecule has 0 radical (unpaired) electrons. The number of carbonyl (C=O) groups is 3. The average molecular weight is 842 g/mol. The number of aliphatic imine (C=N–C) groups is 1. The summed E-state index contributed by atoms with van der Waals surface area (Å²) >= 11 is 1.88. The van der Waals surface area contributed by atoms with E-state index in [9.17, 15) is 19.5 Å². The number of aliphatic carboxylic acids is 1. The number of allylic oxidation sites excluding steroid dienone is 2. The van der Waals surface area contributed by atoms with Crippen LogP contribution in [0.4, 0.5) is 0 Å². The molecule has 0 amide bonds. The fourth-order valence-electron chi connectivity index (χ4n) is 12.1. The Kier molecular flexibility index (Phi) is 11.2. The quantitative estimate of drug-likeness (QED) is 0.111. The number of ketones is 1. The van der Waals surface area contributed by atoms with Gasteiger partial charge in [-0.2, -0.15) is 0 Å². The first kappa shape index (κ1) is 40.1. The highest BCUT2D eigenvalue weighted by Gasteiger charge is 2.81. The van der Waals surface area contributed by atoms with Crippen LogP contribution < -0.4 is 0 Å². The molecule has 0 aromatic rings. The third-order valence-electron chi connectivity index (χ3n) is 15.7. The van der Waals surface area contributed by atoms with Gasteiger partial charge in [-0.3, -0.25) is 14.4 Å². The van der Waals surface area contributed by atoms with Crippen LogP contribution in [-0.4, -0.2) is 93.7 Å². The number of methoxy groups -OCH3 is 1. The van der Waals surface area contributed by atoms with Crippen molar-refractivity contribution in [2.45, 2.75) is 117 Å². The summed E-state index contributed by atoms with van der Waals surface area (Å²) in [5.74, 6) is -0.534. The molecule has 4 saturated carbocycles. The van der Waals surface area contributed by atoms with Crippen LogP contribution in [0.3, 0.4) is 0 Å². The Hall–Kier alpha value is -1.61. The van der Waals surface area contributed by atoms with Crippen molar-refractivity contribution in [2.24, 2.45) is 49.3 Å². The van der Waals surface area contributed by atoms with Crippen LogP contribution in [0.2, 0.25) is 0 Å². The zero-order valence-electron chi connectivity index (χ0n) is 32.3. The van der Waals surface area contributed by atoms with Crippen LogP contribution in [0.1, 0.15) is 106 Å². The molecule has 292 valence electrons. The first-order valence-corrected chi connectivity index (χ1v) is 20.2. The summed E-state index contributed by atoms with van der Waals surface area (Å²) in [5, 5.41) is 10.2. The molecule has 11 nitrogen and oxygen atoms in total. The van der Waals surface area contributed by atoms with E-state index < -0.39 is 33.9 Å². The Balaban J connectivity index is 1.17. The van der Waals surface area contributed by atoms with Gasteiger partial charge in [0.05, 0.1) is 63.6 Å². The number of halogens is 1. The highest BCUT2D eigenvalue weighted by atomic mass is 127. The van der Waals surface area contributed by atoms with Crippen molar-refractivity contribution in [1.82, 2.24) is 0 Å². The molecule has 1 aliphatic heterocycles. The predicted octanol–water partition coefficient (Wildman–Crippen LogP) is 6.93. The second-order valence-electron chi connectivity index (χ2n) is 18.0. The summed E-state index contributed by atoms with van der Waals surface area (Å²) in [6.45, 7) is 16.4. The molecule has 1 N–H and O–H groups in total. The van der Waals surface area contributed by atoms with E-state index >= 15 is 0 Å². The summed E-state index contributed by atoms with van der Waals surface area (Å²) in [6.07, 6.45) is 8.64. The van der Waals surface area contributed by atoms with Crippen molar-refractivity contribution in [2.75, 3.05) is 53.4 Å². The molecule has 1 spiro atoms. The van der Waals surface area contributed by atoms with E-state index in [0.29, 0.717) is 71.2 Å². The fraction of sp³-hybridized carbons (Fsp3) is 0.850. The van der Waals surface area contributed by atoms with Crippen molar-refractivity contribution in [3.05, 3.63) is 11.6 Å². The molecular weight excluding hydrogens is 781 g/mol. The lowest BCUT2D eigenvalue weighted by Crippen LogP contribution is -2.79. The first-order chi connectivity index (χ1) is 24.5. The molecule has 52 heavy (non-hydrogen) atoms. The Morgan fingerprint density at radius 2 is 1.48 bits per heavy atom. The topological polar surface area (TPSA) is 139 Å². The maximum absolute atomic E-state index is 14.8. The van der Waals surface area contributed by atoms with E-state index in [1.54, 1.807) is 7.11 Å². The molecule has 6 rings (SSSR count). The SMILES string of the molecule is COCCOCCOCCOCCC(=O)O[C@H]1CC[C@]2(C)C3C(=O)C=C4C5C[C@@](C)(C(=O)O)CC[C@]5(C)CC[C@@]4(C)C3(C)CCC23N=C(OI)[C@]13C. The summed E-state index contributed by atoms with van der Waals surface area (Å²) in [6, 6.07) is 0. The maximum Gasteiger partial charge on any atom is 0.309 e. The van der Waals surface area contributed by atoms with Crippen LogP contribution >= 0.6 is 23.0 Å². The van der Waals surface area contributed by atoms with E-state index in [1.807, 2.05) is 36.0 Å². The van der Waals surface area contributed by atoms with Crippen molar-refractivity contribution >= 4 is 46.6 Å². The lowest BCUT2D eigenvalue weighted by molar-refractivity contribution is -0.220. The number of carbonyl (C=O) groups excluding carboxylic acids is 2. The summed E-state index contributed by atoms with van der Waals surface area (Å²) in [7, 11) is 1.63. The van der Waals surface area contributed by atoms with Crippen LogP contribution in [0.25, 0.3) is 0 Å². The molecule has 10 atom stereocenters. The first-order valence-electron chi connectivity index (χ1n) is 19.3. The molecule has 5 aliphatic carbocycles. The van der Waals surface area contributed by atoms with Crippen molar-refractivity contribution < 1.29 is 46.2 Å². The van der Waals surface area contributed by atoms with Gasteiger partial charge in [-0.1, -0.05) is 33.3 Å². The van der Waals surface area contributed by atoms with E-state index in [-0.39, 0.29) is 52.9 Å². The van der Waals surface area contributed by atoms with Gasteiger partial charge in [0.15, 0.2) is 28.8 Å². The molecule has 4 fully saturated rings. The zero-order chi connectivity index (χ0) is 37.8. The molecular formula is C40H60INO10. The monoisotopic (exact) mass is 841 g/mol. The lowest BCUT2D eigenvalue weighted by atomic mass is 9.30. The van der Waals surface area contributed by atoms with E-state index in [2.05, 4.69) is 34.6 Å². The molecule has 0 aromatic carbocycles. The molecule has 12 heteroatoms. The van der Waals surface area contributed by atoms with Crippen molar-refractivity contribution in [3.8, 4) is 0 Å². The van der Waals surface area contributed by atoms with Gasteiger partial charge in [-0.25, -0.2) is 4.99 Å². The lowest BCUT2D eigenvalue weighted by Gasteiger charge is -2.75. The van der Waals surface area contributed by atoms with Gasteiger partial charge in [0.25, 0.3) is 0 Å². The number of carboxylic acids is 1. The number of rotatable bonds is 14. The number of ether oxygens (including phenoxy) is 5. The normalized spacial score (nSPS) is 43.3. The van der Waals surface area contributed by atoms with Crippen molar-refractivity contribution in [3.63, 3.8) is 0 Å². The Morgan fingerprint density at radius 3 is 2.12 bits per heavy atom. The minimum absolute atomic E-state index is 0.00678. The molecule has 0 saturated heterocycles. The second-order valence-corrected chi connectivity index (χ2v) is 18.5.